The Labute approximate surface area is 363 Å². The van der Waals surface area contributed by atoms with E-state index in [-0.39, 0.29) is 45.2 Å². The molecule has 0 amide bonds. The SMILES string of the molecule is CC(ON1C(C)(C)CC2(CC1(C)C)OCC(C)(COCCCCCCOCC1(C)COC3(CC(C)(C)N(OC(C)c4ccccc4)C(C)(C)C3)OC1)CO2)c1ccccc1. The normalized spacial score (nSPS) is 26.1. The molecule has 10 heteroatoms. The highest BCUT2D eigenvalue weighted by atomic mass is 16.7. The fourth-order valence-corrected chi connectivity index (χ4v) is 10.5. The molecular formula is C50H80N2O8. The van der Waals surface area contributed by atoms with Gasteiger partial charge in [0.15, 0.2) is 11.6 Å². The van der Waals surface area contributed by atoms with Gasteiger partial charge in [0.05, 0.1) is 39.6 Å². The fraction of sp³-hybridized carbons (Fsp3) is 0.760. The summed E-state index contributed by atoms with van der Waals surface area (Å²) in [4.78, 5) is 13.3. The van der Waals surface area contributed by atoms with Crippen LogP contribution < -0.4 is 0 Å². The molecule has 2 spiro atoms. The van der Waals surface area contributed by atoms with Gasteiger partial charge in [-0.25, -0.2) is 0 Å². The Balaban J connectivity index is 0.836. The number of unbranched alkanes of at least 4 members (excludes halogenated alkanes) is 3. The zero-order chi connectivity index (χ0) is 43.5. The Kier molecular flexibility index (Phi) is 14.8. The van der Waals surface area contributed by atoms with Gasteiger partial charge in [-0.2, -0.15) is 10.1 Å². The Bertz CT molecular complexity index is 1470. The topological polar surface area (TPSA) is 80.3 Å². The zero-order valence-electron chi connectivity index (χ0n) is 39.4. The highest BCUT2D eigenvalue weighted by Gasteiger charge is 2.59. The molecule has 4 saturated heterocycles. The minimum Gasteiger partial charge on any atom is -0.381 e. The molecule has 2 aromatic rings. The van der Waals surface area contributed by atoms with Crippen molar-refractivity contribution in [3.8, 4) is 0 Å². The van der Waals surface area contributed by atoms with E-state index in [4.69, 9.17) is 38.1 Å². The van der Waals surface area contributed by atoms with E-state index in [0.717, 1.165) is 64.6 Å². The Morgan fingerprint density at radius 1 is 0.467 bits per heavy atom. The molecule has 4 aliphatic rings. The maximum Gasteiger partial charge on any atom is 0.171 e. The maximum atomic E-state index is 6.67. The molecule has 2 unspecified atom stereocenters. The Morgan fingerprint density at radius 3 is 1.07 bits per heavy atom. The number of hydrogen-bond acceptors (Lipinski definition) is 10. The van der Waals surface area contributed by atoms with Crippen LogP contribution >= 0.6 is 0 Å². The van der Waals surface area contributed by atoms with E-state index in [2.05, 4.69) is 142 Å². The number of ether oxygens (including phenoxy) is 6. The van der Waals surface area contributed by atoms with Crippen LogP contribution in [0, 0.1) is 10.8 Å². The molecule has 0 N–H and O–H groups in total. The van der Waals surface area contributed by atoms with Gasteiger partial charge in [0, 0.05) is 71.9 Å². The van der Waals surface area contributed by atoms with Gasteiger partial charge < -0.3 is 28.4 Å². The smallest absolute Gasteiger partial charge is 0.171 e. The van der Waals surface area contributed by atoms with Crippen LogP contribution in [0.4, 0.5) is 0 Å². The summed E-state index contributed by atoms with van der Waals surface area (Å²) in [7, 11) is 0. The zero-order valence-corrected chi connectivity index (χ0v) is 39.4. The number of piperidine rings is 2. The van der Waals surface area contributed by atoms with Gasteiger partial charge in [-0.05, 0) is 93.2 Å². The summed E-state index contributed by atoms with van der Waals surface area (Å²) in [5.74, 6) is -1.27. The quantitative estimate of drug-likeness (QED) is 0.144. The summed E-state index contributed by atoms with van der Waals surface area (Å²) in [5, 5.41) is 4.37. The average Bonchev–Trinajstić information content (AvgIpc) is 3.18. The number of benzene rings is 2. The first-order valence-corrected chi connectivity index (χ1v) is 22.9. The monoisotopic (exact) mass is 837 g/mol. The predicted octanol–water partition coefficient (Wildman–Crippen LogP) is 10.8. The van der Waals surface area contributed by atoms with Gasteiger partial charge in [-0.15, -0.1) is 0 Å². The summed E-state index contributed by atoms with van der Waals surface area (Å²) >= 11 is 0. The van der Waals surface area contributed by atoms with Gasteiger partial charge in [0.1, 0.15) is 12.2 Å². The molecule has 4 aliphatic heterocycles. The number of hydroxylamine groups is 4. The summed E-state index contributed by atoms with van der Waals surface area (Å²) in [6.07, 6.45) is 7.11. The molecule has 2 aromatic carbocycles. The molecule has 10 nitrogen and oxygen atoms in total. The second kappa shape index (κ2) is 18.6. The van der Waals surface area contributed by atoms with Crippen LogP contribution in [0.1, 0.15) is 158 Å². The fourth-order valence-electron chi connectivity index (χ4n) is 10.5. The van der Waals surface area contributed by atoms with Crippen molar-refractivity contribution in [1.29, 1.82) is 0 Å². The van der Waals surface area contributed by atoms with Gasteiger partial charge >= 0.3 is 0 Å². The minimum atomic E-state index is -0.634. The molecule has 0 aliphatic carbocycles. The van der Waals surface area contributed by atoms with Gasteiger partial charge in [-0.1, -0.05) is 87.4 Å². The lowest BCUT2D eigenvalue weighted by molar-refractivity contribution is -0.390. The van der Waals surface area contributed by atoms with E-state index in [9.17, 15) is 0 Å². The molecule has 4 fully saturated rings. The van der Waals surface area contributed by atoms with E-state index >= 15 is 0 Å². The summed E-state index contributed by atoms with van der Waals surface area (Å²) in [6, 6.07) is 20.8. The first-order chi connectivity index (χ1) is 28.1. The average molecular weight is 837 g/mol. The van der Waals surface area contributed by atoms with Gasteiger partial charge in [0.25, 0.3) is 0 Å². The van der Waals surface area contributed by atoms with E-state index < -0.39 is 11.6 Å². The van der Waals surface area contributed by atoms with Crippen LogP contribution in [0.25, 0.3) is 0 Å². The third-order valence-corrected chi connectivity index (χ3v) is 13.0. The molecule has 0 radical (unpaired) electrons. The van der Waals surface area contributed by atoms with Crippen molar-refractivity contribution in [3.63, 3.8) is 0 Å². The van der Waals surface area contributed by atoms with E-state index in [1.807, 2.05) is 12.1 Å². The summed E-state index contributed by atoms with van der Waals surface area (Å²) < 4.78 is 39.1. The summed E-state index contributed by atoms with van der Waals surface area (Å²) in [6.45, 7) is 31.7. The third kappa shape index (κ3) is 11.6. The van der Waals surface area contributed by atoms with Crippen LogP contribution in [0.5, 0.6) is 0 Å². The van der Waals surface area contributed by atoms with Crippen molar-refractivity contribution in [2.75, 3.05) is 52.9 Å². The molecule has 2 atom stereocenters. The first-order valence-electron chi connectivity index (χ1n) is 22.9. The van der Waals surface area contributed by atoms with Gasteiger partial charge in [-0.3, -0.25) is 9.68 Å². The van der Waals surface area contributed by atoms with Crippen molar-refractivity contribution in [1.82, 2.24) is 10.1 Å². The number of hydrogen-bond donors (Lipinski definition) is 0. The van der Waals surface area contributed by atoms with Crippen LogP contribution in [0.3, 0.4) is 0 Å². The predicted molar refractivity (Wildman–Crippen MR) is 236 cm³/mol. The second-order valence-electron chi connectivity index (χ2n) is 22.0. The molecular weight excluding hydrogens is 757 g/mol. The largest absolute Gasteiger partial charge is 0.381 e. The van der Waals surface area contributed by atoms with E-state index in [1.54, 1.807) is 0 Å². The lowest BCUT2D eigenvalue weighted by Crippen LogP contribution is -2.68. The summed E-state index contributed by atoms with van der Waals surface area (Å²) in [5.41, 5.74) is 0.842. The van der Waals surface area contributed by atoms with Crippen LogP contribution in [-0.4, -0.2) is 96.7 Å². The first kappa shape index (κ1) is 47.5. The third-order valence-electron chi connectivity index (χ3n) is 13.0. The lowest BCUT2D eigenvalue weighted by Gasteiger charge is -2.59. The standard InChI is InChI=1S/C50H80N2O8/c1-39(41-23-17-15-18-24-41)59-51-43(3,4)29-49(30-44(51,5)6)55-35-47(11,36-56-49)33-53-27-21-13-14-22-28-54-34-48(12)37-57-50(58-38-48)31-45(7,8)52(46(9,10)32-50)60-40(2)42-25-19-16-20-26-42/h15-20,23-26,39-40H,13-14,21-22,27-38H2,1-12H3. The highest BCUT2D eigenvalue weighted by Crippen LogP contribution is 2.51. The van der Waals surface area contributed by atoms with Crippen molar-refractivity contribution >= 4 is 0 Å². The van der Waals surface area contributed by atoms with Crippen molar-refractivity contribution in [3.05, 3.63) is 71.8 Å². The van der Waals surface area contributed by atoms with Crippen molar-refractivity contribution in [2.24, 2.45) is 10.8 Å². The minimum absolute atomic E-state index is 0.0526. The lowest BCUT2D eigenvalue weighted by atomic mass is 9.77. The van der Waals surface area contributed by atoms with Crippen molar-refractivity contribution in [2.45, 2.75) is 180 Å². The van der Waals surface area contributed by atoms with E-state index in [0.29, 0.717) is 39.6 Å². The van der Waals surface area contributed by atoms with E-state index in [1.165, 1.54) is 11.1 Å². The molecule has 0 saturated carbocycles. The van der Waals surface area contributed by atoms with Crippen LogP contribution in [-0.2, 0) is 38.1 Å². The highest BCUT2D eigenvalue weighted by molar-refractivity contribution is 5.18. The number of rotatable bonds is 17. The Hall–Kier alpha value is -1.96. The van der Waals surface area contributed by atoms with Gasteiger partial charge in [0.2, 0.25) is 0 Å². The van der Waals surface area contributed by atoms with Crippen molar-refractivity contribution < 1.29 is 38.1 Å². The maximum absolute atomic E-state index is 6.67. The molecule has 0 bridgehead atoms. The van der Waals surface area contributed by atoms with Crippen LogP contribution in [0.15, 0.2) is 60.7 Å². The molecule has 338 valence electrons. The Morgan fingerprint density at radius 2 is 0.767 bits per heavy atom. The molecule has 4 heterocycles. The molecule has 0 aromatic heterocycles. The second-order valence-corrected chi connectivity index (χ2v) is 22.0. The molecule has 60 heavy (non-hydrogen) atoms. The molecule has 6 rings (SSSR count). The number of nitrogens with zero attached hydrogens (tertiary/aromatic N) is 2. The van der Waals surface area contributed by atoms with Crippen LogP contribution in [0.2, 0.25) is 0 Å².